The van der Waals surface area contributed by atoms with E-state index in [9.17, 15) is 8.42 Å². The molecule has 0 bridgehead atoms. The quantitative estimate of drug-likeness (QED) is 0.894. The van der Waals surface area contributed by atoms with Crippen LogP contribution in [0.5, 0.6) is 0 Å². The first-order chi connectivity index (χ1) is 8.93. The third-order valence-electron chi connectivity index (χ3n) is 3.02. The van der Waals surface area contributed by atoms with Crippen LogP contribution in [0.25, 0.3) is 0 Å². The highest BCUT2D eigenvalue weighted by Crippen LogP contribution is 2.21. The molecule has 0 saturated carbocycles. The standard InChI is InChI=1S/C12H19N3O3S/c1-9-7-15(8-10(2)18-9)19(16,17)11-4-5-12(13-3)14-6-11/h4-6,9-10H,7-8H2,1-3H3,(H,13,14). The topological polar surface area (TPSA) is 71.5 Å². The molecule has 0 spiro atoms. The maximum atomic E-state index is 12.5. The van der Waals surface area contributed by atoms with Crippen molar-refractivity contribution in [2.24, 2.45) is 0 Å². The molecule has 2 atom stereocenters. The Balaban J connectivity index is 2.25. The van der Waals surface area contributed by atoms with Gasteiger partial charge in [0.25, 0.3) is 0 Å². The number of hydrogen-bond donors (Lipinski definition) is 1. The number of rotatable bonds is 3. The number of hydrogen-bond acceptors (Lipinski definition) is 5. The predicted molar refractivity (Wildman–Crippen MR) is 72.6 cm³/mol. The van der Waals surface area contributed by atoms with Crippen LogP contribution in [-0.4, -0.2) is 50.1 Å². The van der Waals surface area contributed by atoms with Crippen molar-refractivity contribution >= 4 is 15.8 Å². The van der Waals surface area contributed by atoms with Gasteiger partial charge in [0.1, 0.15) is 10.7 Å². The number of morpholine rings is 1. The number of ether oxygens (including phenoxy) is 1. The van der Waals surface area contributed by atoms with Crippen molar-refractivity contribution < 1.29 is 13.2 Å². The molecule has 1 aromatic heterocycles. The summed E-state index contributed by atoms with van der Waals surface area (Å²) in [7, 11) is -1.75. The second-order valence-corrected chi connectivity index (χ2v) is 6.65. The number of pyridine rings is 1. The first kappa shape index (κ1) is 14.2. The molecular weight excluding hydrogens is 266 g/mol. The lowest BCUT2D eigenvalue weighted by Crippen LogP contribution is -2.48. The Morgan fingerprint density at radius 3 is 2.42 bits per heavy atom. The largest absolute Gasteiger partial charge is 0.373 e. The second kappa shape index (κ2) is 5.44. The zero-order valence-corrected chi connectivity index (χ0v) is 12.1. The van der Waals surface area contributed by atoms with Crippen molar-refractivity contribution in [3.05, 3.63) is 18.3 Å². The lowest BCUT2D eigenvalue weighted by molar-refractivity contribution is -0.0440. The van der Waals surface area contributed by atoms with Gasteiger partial charge in [0.2, 0.25) is 10.0 Å². The molecule has 7 heteroatoms. The van der Waals surface area contributed by atoms with E-state index in [2.05, 4.69) is 10.3 Å². The Morgan fingerprint density at radius 1 is 1.32 bits per heavy atom. The van der Waals surface area contributed by atoms with Gasteiger partial charge in [-0.2, -0.15) is 4.31 Å². The summed E-state index contributed by atoms with van der Waals surface area (Å²) in [4.78, 5) is 4.26. The van der Waals surface area contributed by atoms with E-state index < -0.39 is 10.0 Å². The summed E-state index contributed by atoms with van der Waals surface area (Å²) >= 11 is 0. The van der Waals surface area contributed by atoms with Crippen molar-refractivity contribution in [2.45, 2.75) is 31.0 Å². The van der Waals surface area contributed by atoms with Gasteiger partial charge in [-0.15, -0.1) is 0 Å². The lowest BCUT2D eigenvalue weighted by atomic mass is 10.3. The van der Waals surface area contributed by atoms with Crippen molar-refractivity contribution in [3.63, 3.8) is 0 Å². The maximum Gasteiger partial charge on any atom is 0.244 e. The Labute approximate surface area is 113 Å². The van der Waals surface area contributed by atoms with Crippen LogP contribution in [0, 0.1) is 0 Å². The van der Waals surface area contributed by atoms with Crippen molar-refractivity contribution in [2.75, 3.05) is 25.5 Å². The van der Waals surface area contributed by atoms with Gasteiger partial charge in [-0.1, -0.05) is 0 Å². The Bertz CT molecular complexity index is 520. The van der Waals surface area contributed by atoms with Crippen LogP contribution in [0.3, 0.4) is 0 Å². The van der Waals surface area contributed by atoms with Crippen LogP contribution in [0.1, 0.15) is 13.8 Å². The molecule has 0 radical (unpaired) electrons. The van der Waals surface area contributed by atoms with Gasteiger partial charge in [-0.05, 0) is 26.0 Å². The minimum absolute atomic E-state index is 0.0944. The van der Waals surface area contributed by atoms with Gasteiger partial charge >= 0.3 is 0 Å². The maximum absolute atomic E-state index is 12.5. The van der Waals surface area contributed by atoms with E-state index in [-0.39, 0.29) is 17.1 Å². The van der Waals surface area contributed by atoms with Gasteiger partial charge < -0.3 is 10.1 Å². The highest BCUT2D eigenvalue weighted by molar-refractivity contribution is 7.89. The van der Waals surface area contributed by atoms with Crippen LogP contribution < -0.4 is 5.32 Å². The van der Waals surface area contributed by atoms with Crippen LogP contribution in [0.2, 0.25) is 0 Å². The number of sulfonamides is 1. The molecule has 1 aromatic rings. The molecule has 1 fully saturated rings. The summed E-state index contributed by atoms with van der Waals surface area (Å²) < 4.78 is 32.0. The zero-order valence-electron chi connectivity index (χ0n) is 11.3. The highest BCUT2D eigenvalue weighted by Gasteiger charge is 2.32. The molecule has 0 aliphatic carbocycles. The Hall–Kier alpha value is -1.18. The first-order valence-electron chi connectivity index (χ1n) is 6.23. The predicted octanol–water partition coefficient (Wildman–Crippen LogP) is 0.921. The average Bonchev–Trinajstić information content (AvgIpc) is 2.37. The van der Waals surface area contributed by atoms with E-state index >= 15 is 0 Å². The minimum Gasteiger partial charge on any atom is -0.373 e. The molecule has 1 aliphatic rings. The lowest BCUT2D eigenvalue weighted by Gasteiger charge is -2.34. The summed E-state index contributed by atoms with van der Waals surface area (Å²) in [6, 6.07) is 3.22. The summed E-state index contributed by atoms with van der Waals surface area (Å²) in [6.45, 7) is 4.50. The first-order valence-corrected chi connectivity index (χ1v) is 7.67. The zero-order chi connectivity index (χ0) is 14.0. The third kappa shape index (κ3) is 3.05. The molecule has 6 nitrogen and oxygen atoms in total. The van der Waals surface area contributed by atoms with Crippen LogP contribution >= 0.6 is 0 Å². The number of anilines is 1. The third-order valence-corrected chi connectivity index (χ3v) is 4.83. The Kier molecular flexibility index (Phi) is 4.07. The van der Waals surface area contributed by atoms with Crippen molar-refractivity contribution in [1.82, 2.24) is 9.29 Å². The number of aromatic nitrogens is 1. The monoisotopic (exact) mass is 285 g/mol. The highest BCUT2D eigenvalue weighted by atomic mass is 32.2. The Morgan fingerprint density at radius 2 is 1.95 bits per heavy atom. The molecule has 2 rings (SSSR count). The summed E-state index contributed by atoms with van der Waals surface area (Å²) in [5, 5.41) is 2.86. The second-order valence-electron chi connectivity index (χ2n) is 4.71. The molecule has 0 amide bonds. The van der Waals surface area contributed by atoms with Crippen LogP contribution in [-0.2, 0) is 14.8 Å². The van der Waals surface area contributed by atoms with Gasteiger partial charge in [-0.25, -0.2) is 13.4 Å². The molecule has 2 unspecified atom stereocenters. The van der Waals surface area contributed by atoms with Crippen LogP contribution in [0.15, 0.2) is 23.2 Å². The fourth-order valence-electron chi connectivity index (χ4n) is 2.16. The van der Waals surface area contributed by atoms with Crippen molar-refractivity contribution in [1.29, 1.82) is 0 Å². The van der Waals surface area contributed by atoms with Crippen molar-refractivity contribution in [3.8, 4) is 0 Å². The van der Waals surface area contributed by atoms with E-state index in [4.69, 9.17) is 4.74 Å². The fourth-order valence-corrected chi connectivity index (χ4v) is 3.69. The van der Waals surface area contributed by atoms with Gasteiger partial charge in [0, 0.05) is 26.3 Å². The SMILES string of the molecule is CNc1ccc(S(=O)(=O)N2CC(C)OC(C)C2)cn1. The minimum atomic E-state index is -3.49. The summed E-state index contributed by atoms with van der Waals surface area (Å²) in [6.07, 6.45) is 1.19. The summed E-state index contributed by atoms with van der Waals surface area (Å²) in [5.74, 6) is 0.641. The molecule has 2 heterocycles. The molecule has 1 aliphatic heterocycles. The molecule has 106 valence electrons. The molecule has 19 heavy (non-hydrogen) atoms. The number of nitrogens with zero attached hydrogens (tertiary/aromatic N) is 2. The summed E-state index contributed by atoms with van der Waals surface area (Å²) in [5.41, 5.74) is 0. The van der Waals surface area contributed by atoms with Crippen LogP contribution in [0.4, 0.5) is 5.82 Å². The molecule has 0 aromatic carbocycles. The number of nitrogens with one attached hydrogen (secondary N) is 1. The smallest absolute Gasteiger partial charge is 0.244 e. The van der Waals surface area contributed by atoms with Gasteiger partial charge in [-0.3, -0.25) is 0 Å². The van der Waals surface area contributed by atoms with E-state index in [1.807, 2.05) is 13.8 Å². The van der Waals surface area contributed by atoms with E-state index in [0.29, 0.717) is 18.9 Å². The molecule has 1 N–H and O–H groups in total. The average molecular weight is 285 g/mol. The fraction of sp³-hybridized carbons (Fsp3) is 0.583. The molecular formula is C12H19N3O3S. The van der Waals surface area contributed by atoms with Gasteiger partial charge in [0.05, 0.1) is 12.2 Å². The molecule has 1 saturated heterocycles. The van der Waals surface area contributed by atoms with Gasteiger partial charge in [0.15, 0.2) is 0 Å². The van der Waals surface area contributed by atoms with E-state index in [1.54, 1.807) is 19.2 Å². The normalized spacial score (nSPS) is 25.2. The van der Waals surface area contributed by atoms with E-state index in [0.717, 1.165) is 0 Å². The van der Waals surface area contributed by atoms with E-state index in [1.165, 1.54) is 10.5 Å².